The summed E-state index contributed by atoms with van der Waals surface area (Å²) in [4.78, 5) is 11.8. The molecule has 0 heterocycles. The third kappa shape index (κ3) is 4.39. The molecule has 1 rings (SSSR count). The first-order chi connectivity index (χ1) is 8.06. The summed E-state index contributed by atoms with van der Waals surface area (Å²) in [6, 6.07) is 4.99. The zero-order valence-corrected chi connectivity index (χ0v) is 12.5. The SMILES string of the molecule is COCCC(N)C(=O)Nc1c(Br)cccc1Br. The zero-order chi connectivity index (χ0) is 12.8. The second-order valence-corrected chi connectivity index (χ2v) is 5.18. The predicted octanol–water partition coefficient (Wildman–Crippen LogP) is 2.51. The number of benzene rings is 1. The summed E-state index contributed by atoms with van der Waals surface area (Å²) in [6.45, 7) is 0.464. The van der Waals surface area contributed by atoms with Crippen LogP contribution in [0.3, 0.4) is 0 Å². The van der Waals surface area contributed by atoms with Crippen LogP contribution in [0.5, 0.6) is 0 Å². The van der Waals surface area contributed by atoms with E-state index in [9.17, 15) is 4.79 Å². The van der Waals surface area contributed by atoms with Crippen LogP contribution in [0.15, 0.2) is 27.1 Å². The molecule has 0 aliphatic heterocycles. The van der Waals surface area contributed by atoms with Crippen LogP contribution in [0.4, 0.5) is 5.69 Å². The number of carbonyl (C=O) groups excluding carboxylic acids is 1. The summed E-state index contributed by atoms with van der Waals surface area (Å²) >= 11 is 6.73. The van der Waals surface area contributed by atoms with E-state index in [0.29, 0.717) is 18.7 Å². The summed E-state index contributed by atoms with van der Waals surface area (Å²) in [5.41, 5.74) is 6.41. The van der Waals surface area contributed by atoms with Gasteiger partial charge >= 0.3 is 0 Å². The molecule has 4 nitrogen and oxygen atoms in total. The van der Waals surface area contributed by atoms with Gasteiger partial charge in [-0.1, -0.05) is 6.07 Å². The Bertz CT molecular complexity index is 379. The minimum Gasteiger partial charge on any atom is -0.385 e. The van der Waals surface area contributed by atoms with E-state index < -0.39 is 6.04 Å². The van der Waals surface area contributed by atoms with E-state index in [0.717, 1.165) is 8.95 Å². The van der Waals surface area contributed by atoms with Gasteiger partial charge in [-0.2, -0.15) is 0 Å². The number of halogens is 2. The molecule has 0 bridgehead atoms. The number of hydrogen-bond acceptors (Lipinski definition) is 3. The first-order valence-corrected chi connectivity index (χ1v) is 6.64. The van der Waals surface area contributed by atoms with Gasteiger partial charge in [0.1, 0.15) is 0 Å². The number of anilines is 1. The van der Waals surface area contributed by atoms with E-state index in [4.69, 9.17) is 10.5 Å². The van der Waals surface area contributed by atoms with E-state index >= 15 is 0 Å². The Hall–Kier alpha value is -0.430. The van der Waals surface area contributed by atoms with Gasteiger partial charge in [-0.05, 0) is 50.4 Å². The molecule has 1 atom stereocenters. The maximum Gasteiger partial charge on any atom is 0.241 e. The molecule has 1 amide bonds. The molecular formula is C11H14Br2N2O2. The van der Waals surface area contributed by atoms with Crippen molar-refractivity contribution in [1.82, 2.24) is 0 Å². The van der Waals surface area contributed by atoms with Gasteiger partial charge in [-0.25, -0.2) is 0 Å². The molecule has 0 spiro atoms. The third-order valence-electron chi connectivity index (χ3n) is 2.18. The lowest BCUT2D eigenvalue weighted by molar-refractivity contribution is -0.117. The first kappa shape index (κ1) is 14.6. The van der Waals surface area contributed by atoms with Gasteiger partial charge in [0.05, 0.1) is 11.7 Å². The van der Waals surface area contributed by atoms with Gasteiger partial charge in [0.25, 0.3) is 0 Å². The summed E-state index contributed by atoms with van der Waals surface area (Å²) in [6.07, 6.45) is 0.490. The molecule has 0 aliphatic carbocycles. The Morgan fingerprint density at radius 3 is 2.59 bits per heavy atom. The molecule has 17 heavy (non-hydrogen) atoms. The van der Waals surface area contributed by atoms with Crippen LogP contribution in [0.1, 0.15) is 6.42 Å². The molecule has 0 aliphatic rings. The number of hydrogen-bond donors (Lipinski definition) is 2. The maximum atomic E-state index is 11.8. The highest BCUT2D eigenvalue weighted by Crippen LogP contribution is 2.30. The minimum atomic E-state index is -0.575. The summed E-state index contributed by atoms with van der Waals surface area (Å²) < 4.78 is 6.49. The lowest BCUT2D eigenvalue weighted by Gasteiger charge is -2.14. The van der Waals surface area contributed by atoms with Gasteiger partial charge in [-0.15, -0.1) is 0 Å². The second kappa shape index (κ2) is 7.10. The summed E-state index contributed by atoms with van der Waals surface area (Å²) in [5.74, 6) is -0.227. The van der Waals surface area contributed by atoms with Gasteiger partial charge in [0.15, 0.2) is 0 Å². The topological polar surface area (TPSA) is 64.3 Å². The van der Waals surface area contributed by atoms with Crippen molar-refractivity contribution in [2.75, 3.05) is 19.0 Å². The molecule has 0 saturated carbocycles. The van der Waals surface area contributed by atoms with Crippen molar-refractivity contribution in [3.63, 3.8) is 0 Å². The molecule has 6 heteroatoms. The average Bonchev–Trinajstić information content (AvgIpc) is 2.30. The molecule has 0 saturated heterocycles. The number of rotatable bonds is 5. The lowest BCUT2D eigenvalue weighted by atomic mass is 10.2. The van der Waals surface area contributed by atoms with Gasteiger partial charge in [0, 0.05) is 22.7 Å². The van der Waals surface area contributed by atoms with Crippen molar-refractivity contribution < 1.29 is 9.53 Å². The molecule has 1 aromatic rings. The molecule has 1 aromatic carbocycles. The molecule has 0 radical (unpaired) electrons. The Balaban J connectivity index is 2.68. The average molecular weight is 366 g/mol. The fourth-order valence-corrected chi connectivity index (χ4v) is 2.41. The van der Waals surface area contributed by atoms with E-state index in [1.807, 2.05) is 18.2 Å². The number of para-hydroxylation sites is 1. The maximum absolute atomic E-state index is 11.8. The van der Waals surface area contributed by atoms with Crippen molar-refractivity contribution >= 4 is 43.5 Å². The fraction of sp³-hybridized carbons (Fsp3) is 0.364. The monoisotopic (exact) mass is 364 g/mol. The molecule has 0 fully saturated rings. The molecule has 0 aromatic heterocycles. The van der Waals surface area contributed by atoms with Crippen molar-refractivity contribution in [1.29, 1.82) is 0 Å². The number of carbonyl (C=O) groups is 1. The van der Waals surface area contributed by atoms with Crippen molar-refractivity contribution in [2.24, 2.45) is 5.73 Å². The lowest BCUT2D eigenvalue weighted by Crippen LogP contribution is -2.36. The van der Waals surface area contributed by atoms with Crippen LogP contribution in [-0.2, 0) is 9.53 Å². The highest BCUT2D eigenvalue weighted by molar-refractivity contribution is 9.11. The van der Waals surface area contributed by atoms with E-state index in [1.54, 1.807) is 7.11 Å². The van der Waals surface area contributed by atoms with Crippen molar-refractivity contribution in [2.45, 2.75) is 12.5 Å². The number of methoxy groups -OCH3 is 1. The Morgan fingerprint density at radius 1 is 1.47 bits per heavy atom. The van der Waals surface area contributed by atoms with Gasteiger partial charge in [0.2, 0.25) is 5.91 Å². The highest BCUT2D eigenvalue weighted by Gasteiger charge is 2.15. The third-order valence-corrected chi connectivity index (χ3v) is 3.50. The Labute approximate surface area is 117 Å². The second-order valence-electron chi connectivity index (χ2n) is 3.47. The number of amides is 1. The van der Waals surface area contributed by atoms with Crippen LogP contribution in [-0.4, -0.2) is 25.7 Å². The van der Waals surface area contributed by atoms with Crippen LogP contribution in [0.25, 0.3) is 0 Å². The summed E-state index contributed by atoms with van der Waals surface area (Å²) in [5, 5.41) is 2.77. The number of nitrogens with one attached hydrogen (secondary N) is 1. The standard InChI is InChI=1S/C11H14Br2N2O2/c1-17-6-5-9(14)11(16)15-10-7(12)3-2-4-8(10)13/h2-4,9H,5-6,14H2,1H3,(H,15,16). The van der Waals surface area contributed by atoms with Crippen LogP contribution < -0.4 is 11.1 Å². The summed E-state index contributed by atoms with van der Waals surface area (Å²) in [7, 11) is 1.58. The van der Waals surface area contributed by atoms with Crippen molar-refractivity contribution in [3.8, 4) is 0 Å². The molecule has 1 unspecified atom stereocenters. The van der Waals surface area contributed by atoms with E-state index in [-0.39, 0.29) is 5.91 Å². The van der Waals surface area contributed by atoms with Crippen molar-refractivity contribution in [3.05, 3.63) is 27.1 Å². The molecule has 3 N–H and O–H groups in total. The zero-order valence-electron chi connectivity index (χ0n) is 9.37. The predicted molar refractivity (Wildman–Crippen MR) is 74.9 cm³/mol. The number of nitrogens with two attached hydrogens (primary N) is 1. The van der Waals surface area contributed by atoms with Gasteiger partial charge < -0.3 is 15.8 Å². The quantitative estimate of drug-likeness (QED) is 0.842. The van der Waals surface area contributed by atoms with E-state index in [2.05, 4.69) is 37.2 Å². The molecule has 94 valence electrons. The van der Waals surface area contributed by atoms with Crippen LogP contribution in [0.2, 0.25) is 0 Å². The normalized spacial score (nSPS) is 12.2. The first-order valence-electron chi connectivity index (χ1n) is 5.05. The smallest absolute Gasteiger partial charge is 0.241 e. The Kier molecular flexibility index (Phi) is 6.11. The minimum absolute atomic E-state index is 0.227. The van der Waals surface area contributed by atoms with Crippen LogP contribution in [0, 0.1) is 0 Å². The molecular weight excluding hydrogens is 352 g/mol. The Morgan fingerprint density at radius 2 is 2.06 bits per heavy atom. The highest BCUT2D eigenvalue weighted by atomic mass is 79.9. The number of ether oxygens (including phenoxy) is 1. The van der Waals surface area contributed by atoms with Gasteiger partial charge in [-0.3, -0.25) is 4.79 Å². The van der Waals surface area contributed by atoms with Crippen LogP contribution >= 0.6 is 31.9 Å². The van der Waals surface area contributed by atoms with E-state index in [1.165, 1.54) is 0 Å². The largest absolute Gasteiger partial charge is 0.385 e. The fourth-order valence-electron chi connectivity index (χ4n) is 1.21.